The van der Waals surface area contributed by atoms with E-state index in [2.05, 4.69) is 19.9 Å². The van der Waals surface area contributed by atoms with E-state index < -0.39 is 0 Å². The van der Waals surface area contributed by atoms with E-state index >= 15 is 0 Å². The zero-order valence-corrected chi connectivity index (χ0v) is 13.2. The van der Waals surface area contributed by atoms with Crippen LogP contribution in [0.15, 0.2) is 12.2 Å². The Kier molecular flexibility index (Phi) is 2.81. The van der Waals surface area contributed by atoms with Crippen LogP contribution in [0.3, 0.4) is 0 Å². The number of carbonyl (C=O) groups excluding carboxylic acids is 2. The van der Waals surface area contributed by atoms with E-state index in [4.69, 9.17) is 0 Å². The summed E-state index contributed by atoms with van der Waals surface area (Å²) in [5.41, 5.74) is 0.169. The molecule has 21 heavy (non-hydrogen) atoms. The number of hydrogen-bond donors (Lipinski definition) is 0. The summed E-state index contributed by atoms with van der Waals surface area (Å²) < 4.78 is 0. The van der Waals surface area contributed by atoms with Gasteiger partial charge in [0.2, 0.25) is 0 Å². The zero-order valence-electron chi connectivity index (χ0n) is 13.2. The molecule has 0 heterocycles. The molecule has 0 aromatic heterocycles. The molecule has 4 rings (SSSR count). The number of ketones is 2. The van der Waals surface area contributed by atoms with Crippen molar-refractivity contribution in [1.29, 1.82) is 0 Å². The van der Waals surface area contributed by atoms with Crippen LogP contribution in [0.4, 0.5) is 0 Å². The first-order chi connectivity index (χ1) is 9.95. The van der Waals surface area contributed by atoms with Crippen LogP contribution in [0, 0.1) is 34.5 Å². The van der Waals surface area contributed by atoms with Gasteiger partial charge in [-0.05, 0) is 67.3 Å². The van der Waals surface area contributed by atoms with Gasteiger partial charge in [-0.2, -0.15) is 0 Å². The monoisotopic (exact) mass is 286 g/mol. The molecule has 0 bridgehead atoms. The SMILES string of the molecule is CC12CCC3C(CCC4CC(=O)C=CC43C)C1CCC2=O. The summed E-state index contributed by atoms with van der Waals surface area (Å²) in [6.07, 6.45) is 11.4. The second kappa shape index (κ2) is 4.30. The Morgan fingerprint density at radius 2 is 1.86 bits per heavy atom. The minimum atomic E-state index is -0.0292. The van der Waals surface area contributed by atoms with Gasteiger partial charge in [-0.1, -0.05) is 19.9 Å². The highest BCUT2D eigenvalue weighted by Crippen LogP contribution is 2.64. The third kappa shape index (κ3) is 1.71. The molecule has 6 unspecified atom stereocenters. The predicted octanol–water partition coefficient (Wildman–Crippen LogP) is 3.94. The lowest BCUT2D eigenvalue weighted by atomic mass is 9.46. The second-order valence-corrected chi connectivity index (χ2v) is 8.44. The first-order valence-electron chi connectivity index (χ1n) is 8.70. The number of fused-ring (bicyclic) bond motifs is 5. The topological polar surface area (TPSA) is 34.1 Å². The van der Waals surface area contributed by atoms with Crippen molar-refractivity contribution in [3.63, 3.8) is 0 Å². The molecule has 0 aromatic carbocycles. The van der Waals surface area contributed by atoms with Gasteiger partial charge in [0.15, 0.2) is 5.78 Å². The van der Waals surface area contributed by atoms with Crippen LogP contribution in [0.1, 0.15) is 58.8 Å². The zero-order chi connectivity index (χ0) is 14.8. The van der Waals surface area contributed by atoms with Crippen LogP contribution in [-0.2, 0) is 9.59 Å². The highest BCUT2D eigenvalue weighted by atomic mass is 16.1. The molecule has 4 aliphatic rings. The quantitative estimate of drug-likeness (QED) is 0.676. The van der Waals surface area contributed by atoms with Crippen LogP contribution in [0.25, 0.3) is 0 Å². The molecule has 0 N–H and O–H groups in total. The Hall–Kier alpha value is -0.920. The van der Waals surface area contributed by atoms with Crippen molar-refractivity contribution in [2.45, 2.75) is 58.8 Å². The minimum absolute atomic E-state index is 0.0292. The van der Waals surface area contributed by atoms with Crippen LogP contribution < -0.4 is 0 Å². The molecule has 2 heteroatoms. The van der Waals surface area contributed by atoms with Gasteiger partial charge in [0.1, 0.15) is 5.78 Å². The molecule has 0 spiro atoms. The molecule has 6 atom stereocenters. The Bertz CT molecular complexity index is 534. The number of hydrogen-bond acceptors (Lipinski definition) is 2. The Balaban J connectivity index is 1.70. The molecule has 0 radical (unpaired) electrons. The van der Waals surface area contributed by atoms with Gasteiger partial charge in [-0.15, -0.1) is 0 Å². The Morgan fingerprint density at radius 3 is 2.67 bits per heavy atom. The average Bonchev–Trinajstić information content (AvgIpc) is 2.76. The molecule has 3 fully saturated rings. The van der Waals surface area contributed by atoms with Crippen molar-refractivity contribution in [1.82, 2.24) is 0 Å². The van der Waals surface area contributed by atoms with E-state index in [0.29, 0.717) is 35.2 Å². The summed E-state index contributed by atoms with van der Waals surface area (Å²) >= 11 is 0. The van der Waals surface area contributed by atoms with Crippen LogP contribution in [0.5, 0.6) is 0 Å². The number of Topliss-reactive ketones (excluding diaryl/α,β-unsaturated/α-hetero) is 1. The van der Waals surface area contributed by atoms with E-state index in [1.165, 1.54) is 19.3 Å². The minimum Gasteiger partial charge on any atom is -0.299 e. The van der Waals surface area contributed by atoms with Crippen molar-refractivity contribution < 1.29 is 9.59 Å². The highest BCUT2D eigenvalue weighted by Gasteiger charge is 2.59. The molecule has 0 saturated heterocycles. The Morgan fingerprint density at radius 1 is 1.05 bits per heavy atom. The smallest absolute Gasteiger partial charge is 0.155 e. The maximum Gasteiger partial charge on any atom is 0.155 e. The largest absolute Gasteiger partial charge is 0.299 e. The van der Waals surface area contributed by atoms with Crippen molar-refractivity contribution in [3.8, 4) is 0 Å². The van der Waals surface area contributed by atoms with Gasteiger partial charge in [0, 0.05) is 18.3 Å². The number of allylic oxidation sites excluding steroid dienone is 2. The number of carbonyl (C=O) groups is 2. The van der Waals surface area contributed by atoms with Gasteiger partial charge in [0.25, 0.3) is 0 Å². The summed E-state index contributed by atoms with van der Waals surface area (Å²) in [5, 5.41) is 0. The van der Waals surface area contributed by atoms with Crippen molar-refractivity contribution in [2.24, 2.45) is 34.5 Å². The van der Waals surface area contributed by atoms with Crippen molar-refractivity contribution in [2.75, 3.05) is 0 Å². The molecule has 0 amide bonds. The van der Waals surface area contributed by atoms with Gasteiger partial charge in [-0.3, -0.25) is 9.59 Å². The fourth-order valence-electron chi connectivity index (χ4n) is 6.41. The van der Waals surface area contributed by atoms with Crippen LogP contribution in [0.2, 0.25) is 0 Å². The van der Waals surface area contributed by atoms with Gasteiger partial charge in [-0.25, -0.2) is 0 Å². The molecular weight excluding hydrogens is 260 g/mol. The second-order valence-electron chi connectivity index (χ2n) is 8.44. The third-order valence-electron chi connectivity index (χ3n) is 7.75. The molecular formula is C19H26O2. The summed E-state index contributed by atoms with van der Waals surface area (Å²) in [6.45, 7) is 4.62. The van der Waals surface area contributed by atoms with Gasteiger partial charge in [0.05, 0.1) is 0 Å². The fourth-order valence-corrected chi connectivity index (χ4v) is 6.41. The normalized spacial score (nSPS) is 52.3. The first-order valence-corrected chi connectivity index (χ1v) is 8.70. The fraction of sp³-hybridized carbons (Fsp3) is 0.789. The van der Waals surface area contributed by atoms with Crippen molar-refractivity contribution >= 4 is 11.6 Å². The molecule has 114 valence electrons. The summed E-state index contributed by atoms with van der Waals surface area (Å²) in [7, 11) is 0. The lowest BCUT2D eigenvalue weighted by molar-refractivity contribution is -0.135. The predicted molar refractivity (Wildman–Crippen MR) is 81.6 cm³/mol. The van der Waals surface area contributed by atoms with E-state index in [1.54, 1.807) is 0 Å². The highest BCUT2D eigenvalue weighted by molar-refractivity contribution is 5.91. The maximum absolute atomic E-state index is 12.4. The molecule has 0 aromatic rings. The summed E-state index contributed by atoms with van der Waals surface area (Å²) in [5.74, 6) is 3.37. The maximum atomic E-state index is 12.4. The van der Waals surface area contributed by atoms with Crippen LogP contribution >= 0.6 is 0 Å². The third-order valence-corrected chi connectivity index (χ3v) is 7.75. The van der Waals surface area contributed by atoms with Gasteiger partial charge >= 0.3 is 0 Å². The lowest BCUT2D eigenvalue weighted by Crippen LogP contribution is -2.52. The molecule has 4 aliphatic carbocycles. The first kappa shape index (κ1) is 13.7. The van der Waals surface area contributed by atoms with E-state index in [-0.39, 0.29) is 10.8 Å². The lowest BCUT2D eigenvalue weighted by Gasteiger charge is -2.57. The summed E-state index contributed by atoms with van der Waals surface area (Å²) in [4.78, 5) is 24.1. The standard InChI is InChI=1S/C19H26O2/c1-18-9-7-13(20)11-12(18)3-4-14-15-5-6-17(21)19(15,2)10-8-16(14)18/h7,9,12,14-16H,3-6,8,10-11H2,1-2H3. The van der Waals surface area contributed by atoms with Crippen molar-refractivity contribution in [3.05, 3.63) is 12.2 Å². The van der Waals surface area contributed by atoms with Gasteiger partial charge < -0.3 is 0 Å². The summed E-state index contributed by atoms with van der Waals surface area (Å²) in [6, 6.07) is 0. The van der Waals surface area contributed by atoms with E-state index in [9.17, 15) is 9.59 Å². The molecule has 3 saturated carbocycles. The Labute approximate surface area is 127 Å². The average molecular weight is 286 g/mol. The number of rotatable bonds is 0. The molecule has 2 nitrogen and oxygen atoms in total. The molecule has 0 aliphatic heterocycles. The van der Waals surface area contributed by atoms with Crippen LogP contribution in [-0.4, -0.2) is 11.6 Å². The van der Waals surface area contributed by atoms with E-state index in [0.717, 1.165) is 25.7 Å². The van der Waals surface area contributed by atoms with E-state index in [1.807, 2.05) is 6.08 Å².